The van der Waals surface area contributed by atoms with Crippen molar-refractivity contribution in [3.63, 3.8) is 0 Å². The van der Waals surface area contributed by atoms with Gasteiger partial charge in [0.05, 0.1) is 16.3 Å². The van der Waals surface area contributed by atoms with E-state index in [-0.39, 0.29) is 5.91 Å². The van der Waals surface area contributed by atoms with Gasteiger partial charge in [-0.25, -0.2) is 8.78 Å². The molecule has 0 saturated carbocycles. The van der Waals surface area contributed by atoms with Crippen molar-refractivity contribution in [2.24, 2.45) is 0 Å². The monoisotopic (exact) mass is 306 g/mol. The molecule has 2 heterocycles. The number of rotatable bonds is 3. The Hall–Kier alpha value is -2.21. The Balaban J connectivity index is 1.77. The maximum Gasteiger partial charge on any atom is 0.268 e. The van der Waals surface area contributed by atoms with Crippen LogP contribution in [0, 0.1) is 11.6 Å². The molecule has 0 aliphatic carbocycles. The molecule has 3 aromatic rings. The molecule has 2 aromatic heterocycles. The van der Waals surface area contributed by atoms with Gasteiger partial charge in [0, 0.05) is 0 Å². The first-order chi connectivity index (χ1) is 10.0. The minimum atomic E-state index is -0.922. The zero-order valence-electron chi connectivity index (χ0n) is 11.1. The van der Waals surface area contributed by atoms with Gasteiger partial charge in [0.1, 0.15) is 5.69 Å². The van der Waals surface area contributed by atoms with Crippen molar-refractivity contribution in [1.29, 1.82) is 0 Å². The fraction of sp³-hybridized carbons (Fsp3) is 0.133. The summed E-state index contributed by atoms with van der Waals surface area (Å²) in [5.74, 6) is -2.11. The molecule has 0 fully saturated rings. The van der Waals surface area contributed by atoms with E-state index in [9.17, 15) is 13.6 Å². The summed E-state index contributed by atoms with van der Waals surface area (Å²) in [6.07, 6.45) is 0. The topological polar surface area (TPSA) is 44.9 Å². The van der Waals surface area contributed by atoms with E-state index in [0.29, 0.717) is 11.3 Å². The van der Waals surface area contributed by atoms with Crippen molar-refractivity contribution in [3.8, 4) is 0 Å². The van der Waals surface area contributed by atoms with E-state index in [0.717, 1.165) is 22.3 Å². The number of benzene rings is 1. The standard InChI is InChI=1S/C15H12F2N2OS/c1-8(9-2-3-10(16)11(17)6-9)18-15(20)13-7-14-12(19-13)4-5-21-14/h2-8,19H,1H3,(H,18,20). The number of nitrogens with one attached hydrogen (secondary N) is 2. The molecular formula is C15H12F2N2OS. The number of thiophene rings is 1. The summed E-state index contributed by atoms with van der Waals surface area (Å²) in [5, 5.41) is 4.69. The lowest BCUT2D eigenvalue weighted by atomic mass is 10.1. The molecule has 0 saturated heterocycles. The molecule has 1 amide bonds. The van der Waals surface area contributed by atoms with Crippen molar-refractivity contribution in [2.45, 2.75) is 13.0 Å². The molecule has 0 bridgehead atoms. The van der Waals surface area contributed by atoms with Gasteiger partial charge in [-0.05, 0) is 42.1 Å². The molecule has 0 aliphatic rings. The lowest BCUT2D eigenvalue weighted by Gasteiger charge is -2.14. The van der Waals surface area contributed by atoms with E-state index in [2.05, 4.69) is 10.3 Å². The second-order valence-electron chi connectivity index (χ2n) is 4.75. The van der Waals surface area contributed by atoms with Crippen LogP contribution in [0.25, 0.3) is 10.2 Å². The number of fused-ring (bicyclic) bond motifs is 1. The molecule has 1 atom stereocenters. The average Bonchev–Trinajstić information content (AvgIpc) is 3.02. The fourth-order valence-electron chi connectivity index (χ4n) is 2.11. The van der Waals surface area contributed by atoms with Gasteiger partial charge < -0.3 is 10.3 Å². The Morgan fingerprint density at radius 3 is 2.76 bits per heavy atom. The highest BCUT2D eigenvalue weighted by molar-refractivity contribution is 7.17. The summed E-state index contributed by atoms with van der Waals surface area (Å²) in [4.78, 5) is 15.2. The van der Waals surface area contributed by atoms with Gasteiger partial charge >= 0.3 is 0 Å². The van der Waals surface area contributed by atoms with Crippen molar-refractivity contribution >= 4 is 27.5 Å². The van der Waals surface area contributed by atoms with Gasteiger partial charge in [-0.1, -0.05) is 6.07 Å². The number of aromatic amines is 1. The molecule has 3 rings (SSSR count). The summed E-state index contributed by atoms with van der Waals surface area (Å²) in [6.45, 7) is 1.72. The van der Waals surface area contributed by atoms with Crippen LogP contribution >= 0.6 is 11.3 Å². The van der Waals surface area contributed by atoms with Crippen molar-refractivity contribution < 1.29 is 13.6 Å². The number of carbonyl (C=O) groups is 1. The van der Waals surface area contributed by atoms with Gasteiger partial charge in [0.2, 0.25) is 0 Å². The van der Waals surface area contributed by atoms with E-state index >= 15 is 0 Å². The number of aromatic nitrogens is 1. The van der Waals surface area contributed by atoms with Crippen LogP contribution in [-0.2, 0) is 0 Å². The van der Waals surface area contributed by atoms with Crippen LogP contribution in [0.3, 0.4) is 0 Å². The average molecular weight is 306 g/mol. The first kappa shape index (κ1) is 13.8. The Labute approximate surface area is 123 Å². The number of hydrogen-bond donors (Lipinski definition) is 2. The van der Waals surface area contributed by atoms with Crippen molar-refractivity contribution in [1.82, 2.24) is 10.3 Å². The van der Waals surface area contributed by atoms with Crippen LogP contribution in [0.5, 0.6) is 0 Å². The normalized spacial score (nSPS) is 12.5. The van der Waals surface area contributed by atoms with Crippen LogP contribution in [0.2, 0.25) is 0 Å². The minimum absolute atomic E-state index is 0.282. The van der Waals surface area contributed by atoms with Gasteiger partial charge in [-0.15, -0.1) is 11.3 Å². The Bertz CT molecular complexity index is 780. The predicted octanol–water partition coefficient (Wildman–Crippen LogP) is 4.00. The third-order valence-corrected chi connectivity index (χ3v) is 4.14. The summed E-state index contributed by atoms with van der Waals surface area (Å²) in [5.41, 5.74) is 1.87. The largest absolute Gasteiger partial charge is 0.350 e. The lowest BCUT2D eigenvalue weighted by molar-refractivity contribution is 0.0935. The molecule has 0 radical (unpaired) electrons. The number of amides is 1. The van der Waals surface area contributed by atoms with E-state index in [1.807, 2.05) is 11.4 Å². The molecular weight excluding hydrogens is 294 g/mol. The molecule has 2 N–H and O–H groups in total. The minimum Gasteiger partial charge on any atom is -0.350 e. The van der Waals surface area contributed by atoms with E-state index in [4.69, 9.17) is 0 Å². The molecule has 6 heteroatoms. The molecule has 108 valence electrons. The van der Waals surface area contributed by atoms with Gasteiger partial charge in [0.25, 0.3) is 5.91 Å². The maximum atomic E-state index is 13.2. The maximum absolute atomic E-state index is 13.2. The summed E-state index contributed by atoms with van der Waals surface area (Å²) < 4.78 is 27.1. The Kier molecular flexibility index (Phi) is 3.47. The summed E-state index contributed by atoms with van der Waals surface area (Å²) >= 11 is 1.54. The molecule has 0 aliphatic heterocycles. The third kappa shape index (κ3) is 2.67. The predicted molar refractivity (Wildman–Crippen MR) is 78.4 cm³/mol. The SMILES string of the molecule is CC(NC(=O)c1cc2sccc2[nH]1)c1ccc(F)c(F)c1. The van der Waals surface area contributed by atoms with Crippen LogP contribution in [0.4, 0.5) is 8.78 Å². The van der Waals surface area contributed by atoms with Gasteiger partial charge in [-0.2, -0.15) is 0 Å². The van der Waals surface area contributed by atoms with Crippen LogP contribution in [0.15, 0.2) is 35.7 Å². The second kappa shape index (κ2) is 5.29. The molecule has 1 aromatic carbocycles. The number of carbonyl (C=O) groups excluding carboxylic acids is 1. The molecule has 1 unspecified atom stereocenters. The Morgan fingerprint density at radius 2 is 2.05 bits per heavy atom. The first-order valence-electron chi connectivity index (χ1n) is 6.36. The quantitative estimate of drug-likeness (QED) is 0.755. The smallest absolute Gasteiger partial charge is 0.268 e. The molecule has 0 spiro atoms. The van der Waals surface area contributed by atoms with E-state index in [1.165, 1.54) is 6.07 Å². The van der Waals surface area contributed by atoms with Gasteiger partial charge in [0.15, 0.2) is 11.6 Å². The zero-order valence-corrected chi connectivity index (χ0v) is 11.9. The van der Waals surface area contributed by atoms with Crippen molar-refractivity contribution in [3.05, 3.63) is 58.6 Å². The highest BCUT2D eigenvalue weighted by atomic mass is 32.1. The Morgan fingerprint density at radius 1 is 1.24 bits per heavy atom. The number of halogens is 2. The van der Waals surface area contributed by atoms with E-state index < -0.39 is 17.7 Å². The second-order valence-corrected chi connectivity index (χ2v) is 5.70. The summed E-state index contributed by atoms with van der Waals surface area (Å²) in [7, 11) is 0. The fourth-order valence-corrected chi connectivity index (χ4v) is 2.89. The lowest BCUT2D eigenvalue weighted by Crippen LogP contribution is -2.27. The van der Waals surface area contributed by atoms with Crippen LogP contribution in [0.1, 0.15) is 29.0 Å². The molecule has 3 nitrogen and oxygen atoms in total. The van der Waals surface area contributed by atoms with E-state index in [1.54, 1.807) is 24.3 Å². The first-order valence-corrected chi connectivity index (χ1v) is 7.24. The highest BCUT2D eigenvalue weighted by Gasteiger charge is 2.15. The molecule has 21 heavy (non-hydrogen) atoms. The van der Waals surface area contributed by atoms with Gasteiger partial charge in [-0.3, -0.25) is 4.79 Å². The van der Waals surface area contributed by atoms with Crippen LogP contribution < -0.4 is 5.32 Å². The zero-order chi connectivity index (χ0) is 15.0. The third-order valence-electron chi connectivity index (χ3n) is 3.28. The summed E-state index contributed by atoms with van der Waals surface area (Å²) in [6, 6.07) is 6.85. The van der Waals surface area contributed by atoms with Crippen molar-refractivity contribution in [2.75, 3.05) is 0 Å². The number of H-pyrrole nitrogens is 1. The highest BCUT2D eigenvalue weighted by Crippen LogP contribution is 2.22. The number of hydrogen-bond acceptors (Lipinski definition) is 2. The van der Waals surface area contributed by atoms with Crippen LogP contribution in [-0.4, -0.2) is 10.9 Å².